The highest BCUT2D eigenvalue weighted by Crippen LogP contribution is 2.39. The van der Waals surface area contributed by atoms with Gasteiger partial charge in [0, 0.05) is 43.2 Å². The van der Waals surface area contributed by atoms with E-state index in [2.05, 4.69) is 35.7 Å². The first-order valence-corrected chi connectivity index (χ1v) is 22.1. The lowest BCUT2D eigenvalue weighted by molar-refractivity contribution is -0.0458. The lowest BCUT2D eigenvalue weighted by atomic mass is 9.89. The highest BCUT2D eigenvalue weighted by atomic mass is 35.5. The smallest absolute Gasteiger partial charge is 0.257 e. The number of hydrogen-bond acceptors (Lipinski definition) is 17. The molecule has 7 rings (SSSR count). The van der Waals surface area contributed by atoms with Crippen LogP contribution in [0.25, 0.3) is 11.1 Å². The molecule has 20 heteroatoms. The van der Waals surface area contributed by atoms with Crippen LogP contribution in [-0.4, -0.2) is 169 Å². The van der Waals surface area contributed by atoms with E-state index in [1.54, 1.807) is 36.6 Å². The van der Waals surface area contributed by atoms with Crippen molar-refractivity contribution < 1.29 is 42.6 Å². The fourth-order valence-corrected chi connectivity index (χ4v) is 8.33. The van der Waals surface area contributed by atoms with Gasteiger partial charge in [-0.05, 0) is 73.6 Å². The van der Waals surface area contributed by atoms with E-state index in [9.17, 15) is 0 Å². The molecule has 2 saturated heterocycles. The molecule has 3 aliphatic rings. The van der Waals surface area contributed by atoms with E-state index in [1.807, 2.05) is 29.9 Å². The molecule has 3 aromatic heterocycles. The standard InChI is InChI=1S/C42H61ClN10O9/c1-31(26-51-30-46-49-50-51)62-40-23-32(3-10-38(40)43)33-24-44-42(45-25-33)47-39-27-52(34-4-6-35(7-5-34)53-36-8-9-37(53)29-60-28-36)48-41(39)61-22-21-59-20-19-58-18-17-57-16-15-56-14-13-55-12-11-54-2/h3,10,23-25,27,30-31,34-37H,4-9,11-22,26,28-29H2,1-2H3,(H,44,45,47)/t31-,34?,35?,36-,37+/m0/s1. The van der Waals surface area contributed by atoms with Gasteiger partial charge in [-0.1, -0.05) is 17.7 Å². The summed E-state index contributed by atoms with van der Waals surface area (Å²) < 4.78 is 54.7. The lowest BCUT2D eigenvalue weighted by Crippen LogP contribution is -2.52. The molecule has 2 aliphatic heterocycles. The molecule has 0 spiro atoms. The minimum Gasteiger partial charge on any atom is -0.487 e. The molecule has 1 saturated carbocycles. The number of fused-ring (bicyclic) bond motifs is 2. The van der Waals surface area contributed by atoms with E-state index in [0.717, 1.165) is 50.0 Å². The Balaban J connectivity index is 0.882. The van der Waals surface area contributed by atoms with Crippen molar-refractivity contribution in [1.82, 2.24) is 44.9 Å². The summed E-state index contributed by atoms with van der Waals surface area (Å²) in [5.41, 5.74) is 2.35. The maximum atomic E-state index is 6.50. The van der Waals surface area contributed by atoms with Gasteiger partial charge >= 0.3 is 0 Å². The van der Waals surface area contributed by atoms with Crippen molar-refractivity contribution in [3.05, 3.63) is 48.1 Å². The number of morpholine rings is 1. The van der Waals surface area contributed by atoms with Crippen LogP contribution in [0.5, 0.6) is 11.6 Å². The Hall–Kier alpha value is -4.05. The third-order valence-corrected chi connectivity index (χ3v) is 11.5. The highest BCUT2D eigenvalue weighted by Gasteiger charge is 2.42. The van der Waals surface area contributed by atoms with Gasteiger partial charge in [-0.15, -0.1) is 10.2 Å². The average Bonchev–Trinajstić information content (AvgIpc) is 4.01. The summed E-state index contributed by atoms with van der Waals surface area (Å²) in [5.74, 6) is 1.43. The van der Waals surface area contributed by atoms with Gasteiger partial charge in [-0.25, -0.2) is 14.6 Å². The third-order valence-electron chi connectivity index (χ3n) is 11.2. The Morgan fingerprint density at radius 1 is 0.758 bits per heavy atom. The maximum absolute atomic E-state index is 6.50. The van der Waals surface area contributed by atoms with Gasteiger partial charge < -0.3 is 47.9 Å². The minimum atomic E-state index is -0.224. The zero-order chi connectivity index (χ0) is 42.8. The average molecular weight is 885 g/mol. The molecule has 3 fully saturated rings. The van der Waals surface area contributed by atoms with Crippen LogP contribution < -0.4 is 14.8 Å². The predicted octanol–water partition coefficient (Wildman–Crippen LogP) is 4.65. The summed E-state index contributed by atoms with van der Waals surface area (Å²) in [6, 6.07) is 7.59. The first kappa shape index (κ1) is 46.0. The molecular formula is C42H61ClN10O9. The summed E-state index contributed by atoms with van der Waals surface area (Å²) in [4.78, 5) is 12.1. The summed E-state index contributed by atoms with van der Waals surface area (Å²) in [5, 5.41) is 20.1. The van der Waals surface area contributed by atoms with Gasteiger partial charge in [0.2, 0.25) is 5.95 Å². The molecule has 0 radical (unpaired) electrons. The largest absolute Gasteiger partial charge is 0.487 e. The molecule has 0 unspecified atom stereocenters. The number of rotatable bonds is 28. The van der Waals surface area contributed by atoms with Crippen LogP contribution in [0.1, 0.15) is 51.5 Å². The third kappa shape index (κ3) is 13.7. The number of nitrogens with one attached hydrogen (secondary N) is 1. The van der Waals surface area contributed by atoms with Gasteiger partial charge in [-0.2, -0.15) is 0 Å². The molecule has 1 aromatic carbocycles. The number of ether oxygens (including phenoxy) is 9. The van der Waals surface area contributed by atoms with Crippen molar-refractivity contribution in [2.75, 3.05) is 105 Å². The lowest BCUT2D eigenvalue weighted by Gasteiger charge is -2.43. The number of methoxy groups -OCH3 is 1. The second-order valence-corrected chi connectivity index (χ2v) is 16.0. The Bertz CT molecular complexity index is 1850. The molecule has 1 N–H and O–H groups in total. The van der Waals surface area contributed by atoms with Crippen LogP contribution in [0.4, 0.5) is 11.6 Å². The zero-order valence-electron chi connectivity index (χ0n) is 35.9. The van der Waals surface area contributed by atoms with Crippen LogP contribution >= 0.6 is 11.6 Å². The van der Waals surface area contributed by atoms with Gasteiger partial charge in [-0.3, -0.25) is 9.58 Å². The van der Waals surface area contributed by atoms with E-state index >= 15 is 0 Å². The van der Waals surface area contributed by atoms with Crippen LogP contribution in [0, 0.1) is 0 Å². The van der Waals surface area contributed by atoms with Crippen LogP contribution in [-0.2, 0) is 39.7 Å². The molecule has 340 valence electrons. The molecule has 62 heavy (non-hydrogen) atoms. The van der Waals surface area contributed by atoms with E-state index in [1.165, 1.54) is 12.8 Å². The van der Waals surface area contributed by atoms with Crippen molar-refractivity contribution in [1.29, 1.82) is 0 Å². The fourth-order valence-electron chi connectivity index (χ4n) is 8.17. The summed E-state index contributed by atoms with van der Waals surface area (Å²) in [6.45, 7) is 9.89. The molecule has 0 amide bonds. The van der Waals surface area contributed by atoms with E-state index in [4.69, 9.17) is 59.3 Å². The molecule has 1 aliphatic carbocycles. The monoisotopic (exact) mass is 884 g/mol. The second-order valence-electron chi connectivity index (χ2n) is 15.6. The zero-order valence-corrected chi connectivity index (χ0v) is 36.6. The second kappa shape index (κ2) is 24.7. The Morgan fingerprint density at radius 2 is 1.35 bits per heavy atom. The topological polar surface area (TPSA) is 186 Å². The predicted molar refractivity (Wildman–Crippen MR) is 228 cm³/mol. The molecule has 4 aromatic rings. The SMILES string of the molecule is COCCOCCOCCOCCOCCOCCOc1nn(C2CCC(N3[C@@H]4CC[C@H]3COC4)CC2)cc1Nc1ncc(-c2ccc(Cl)c(O[C@@H](C)Cn3cnnn3)c2)cn1. The Morgan fingerprint density at radius 3 is 1.97 bits per heavy atom. The highest BCUT2D eigenvalue weighted by molar-refractivity contribution is 6.32. The quantitative estimate of drug-likeness (QED) is 0.0777. The first-order chi connectivity index (χ1) is 30.5. The van der Waals surface area contributed by atoms with E-state index in [-0.39, 0.29) is 12.1 Å². The van der Waals surface area contributed by atoms with Crippen molar-refractivity contribution in [2.24, 2.45) is 0 Å². The molecule has 2 bridgehead atoms. The van der Waals surface area contributed by atoms with Gasteiger partial charge in [0.25, 0.3) is 5.88 Å². The minimum absolute atomic E-state index is 0.224. The number of aromatic nitrogens is 8. The van der Waals surface area contributed by atoms with Crippen molar-refractivity contribution in [3.63, 3.8) is 0 Å². The maximum Gasteiger partial charge on any atom is 0.257 e. The number of hydrogen-bond donors (Lipinski definition) is 1. The number of benzene rings is 1. The van der Waals surface area contributed by atoms with Crippen LogP contribution in [0.2, 0.25) is 5.02 Å². The Kier molecular flexibility index (Phi) is 18.3. The van der Waals surface area contributed by atoms with Crippen molar-refractivity contribution >= 4 is 23.2 Å². The summed E-state index contributed by atoms with van der Waals surface area (Å²) >= 11 is 6.50. The summed E-state index contributed by atoms with van der Waals surface area (Å²) in [6.07, 6.45) is 13.7. The number of halogens is 1. The normalized spacial score (nSPS) is 20.7. The number of anilines is 2. The van der Waals surface area contributed by atoms with Gasteiger partial charge in [0.15, 0.2) is 0 Å². The van der Waals surface area contributed by atoms with Gasteiger partial charge in [0.1, 0.15) is 30.5 Å². The van der Waals surface area contributed by atoms with Crippen molar-refractivity contribution in [3.8, 4) is 22.8 Å². The molecular weight excluding hydrogens is 824 g/mol. The van der Waals surface area contributed by atoms with Gasteiger partial charge in [0.05, 0.1) is 110 Å². The summed E-state index contributed by atoms with van der Waals surface area (Å²) in [7, 11) is 1.65. The van der Waals surface area contributed by atoms with Crippen molar-refractivity contribution in [2.45, 2.75) is 82.3 Å². The molecule has 5 heterocycles. The number of tetrazole rings is 1. The first-order valence-electron chi connectivity index (χ1n) is 21.7. The fraction of sp³-hybridized carbons (Fsp3) is 0.667. The van der Waals surface area contributed by atoms with Crippen LogP contribution in [0.15, 0.2) is 43.1 Å². The van der Waals surface area contributed by atoms with E-state index in [0.29, 0.717) is 132 Å². The van der Waals surface area contributed by atoms with Crippen LogP contribution in [0.3, 0.4) is 0 Å². The number of nitrogens with zero attached hydrogens (tertiary/aromatic N) is 9. The Labute approximate surface area is 367 Å². The molecule has 3 atom stereocenters. The van der Waals surface area contributed by atoms with E-state index < -0.39 is 0 Å². The molecule has 19 nitrogen and oxygen atoms in total.